The lowest BCUT2D eigenvalue weighted by Crippen LogP contribution is -2.24. The number of amides is 1. The van der Waals surface area contributed by atoms with Crippen LogP contribution in [0.15, 0.2) is 85.5 Å². The number of para-hydroxylation sites is 1. The van der Waals surface area contributed by atoms with Crippen molar-refractivity contribution in [3.05, 3.63) is 112 Å². The largest absolute Gasteiger partial charge is 0.363 e. The van der Waals surface area contributed by atoms with Crippen LogP contribution in [0.4, 0.5) is 5.69 Å². The molecule has 0 aliphatic carbocycles. The van der Waals surface area contributed by atoms with E-state index in [2.05, 4.69) is 4.98 Å². The maximum atomic E-state index is 11.9. The number of hydrogen-bond acceptors (Lipinski definition) is 5. The highest BCUT2D eigenvalue weighted by molar-refractivity contribution is 6.36. The van der Waals surface area contributed by atoms with Gasteiger partial charge >= 0.3 is 0 Å². The molecule has 0 fully saturated rings. The molecule has 1 amide bonds. The first-order valence-electron chi connectivity index (χ1n) is 10.2. The summed E-state index contributed by atoms with van der Waals surface area (Å²) in [5.74, 6) is -1.79. The van der Waals surface area contributed by atoms with Crippen molar-refractivity contribution >= 4 is 17.4 Å². The molecular formula is C25H20N4O4. The summed E-state index contributed by atoms with van der Waals surface area (Å²) in [5, 5.41) is 11.9. The summed E-state index contributed by atoms with van der Waals surface area (Å²) in [5.41, 5.74) is 9.11. The van der Waals surface area contributed by atoms with Crippen molar-refractivity contribution in [1.82, 2.24) is 9.55 Å². The zero-order valence-corrected chi connectivity index (χ0v) is 17.5. The normalized spacial score (nSPS) is 10.7. The number of ketones is 1. The lowest BCUT2D eigenvalue weighted by molar-refractivity contribution is -0.384. The van der Waals surface area contributed by atoms with Gasteiger partial charge in [0.25, 0.3) is 11.6 Å². The van der Waals surface area contributed by atoms with Crippen LogP contribution < -0.4 is 5.73 Å². The van der Waals surface area contributed by atoms with E-state index in [9.17, 15) is 19.7 Å². The summed E-state index contributed by atoms with van der Waals surface area (Å²) >= 11 is 0. The summed E-state index contributed by atoms with van der Waals surface area (Å²) in [6, 6.07) is 19.6. The zero-order chi connectivity index (χ0) is 23.4. The van der Waals surface area contributed by atoms with Gasteiger partial charge in [0, 0.05) is 30.6 Å². The second-order valence-corrected chi connectivity index (χ2v) is 7.51. The van der Waals surface area contributed by atoms with Gasteiger partial charge in [0.1, 0.15) is 0 Å². The summed E-state index contributed by atoms with van der Waals surface area (Å²) in [6.45, 7) is 0. The number of primary amides is 1. The van der Waals surface area contributed by atoms with Crippen molar-refractivity contribution in [1.29, 1.82) is 0 Å². The third-order valence-corrected chi connectivity index (χ3v) is 5.36. The molecular weight excluding hydrogens is 420 g/mol. The van der Waals surface area contributed by atoms with Gasteiger partial charge in [0.05, 0.1) is 16.8 Å². The number of nitro benzene ring substituents is 1. The first-order chi connectivity index (χ1) is 15.9. The molecule has 8 heteroatoms. The number of aromatic nitrogens is 2. The quantitative estimate of drug-likeness (QED) is 0.255. The van der Waals surface area contributed by atoms with Gasteiger partial charge < -0.3 is 10.3 Å². The van der Waals surface area contributed by atoms with Crippen LogP contribution in [0, 0.1) is 10.1 Å². The molecule has 0 aliphatic rings. The van der Waals surface area contributed by atoms with E-state index in [1.54, 1.807) is 48.9 Å². The first-order valence-corrected chi connectivity index (χ1v) is 10.2. The number of nitrogens with zero attached hydrogens (tertiary/aromatic N) is 3. The number of hydrogen-bond donors (Lipinski definition) is 1. The Hall–Kier alpha value is -4.59. The molecule has 0 aliphatic heterocycles. The van der Waals surface area contributed by atoms with E-state index in [1.807, 2.05) is 41.1 Å². The van der Waals surface area contributed by atoms with Gasteiger partial charge in [-0.25, -0.2) is 4.98 Å². The van der Waals surface area contributed by atoms with Gasteiger partial charge in [-0.15, -0.1) is 0 Å². The van der Waals surface area contributed by atoms with Crippen LogP contribution in [0.2, 0.25) is 0 Å². The van der Waals surface area contributed by atoms with E-state index in [0.29, 0.717) is 23.1 Å². The van der Waals surface area contributed by atoms with Crippen LogP contribution in [-0.4, -0.2) is 26.2 Å². The topological polar surface area (TPSA) is 121 Å². The van der Waals surface area contributed by atoms with E-state index in [0.717, 1.165) is 16.8 Å². The molecule has 0 saturated heterocycles. The number of rotatable bonds is 8. The summed E-state index contributed by atoms with van der Waals surface area (Å²) < 4.78 is 1.89. The van der Waals surface area contributed by atoms with Crippen LogP contribution >= 0.6 is 0 Å². The first kappa shape index (κ1) is 21.6. The lowest BCUT2D eigenvalue weighted by Gasteiger charge is -2.12. The fraction of sp³-hybridized carbons (Fsp3) is 0.0800. The van der Waals surface area contributed by atoms with Crippen LogP contribution in [0.25, 0.3) is 16.8 Å². The van der Waals surface area contributed by atoms with Gasteiger partial charge in [0.2, 0.25) is 5.78 Å². The minimum absolute atomic E-state index is 0.0772. The van der Waals surface area contributed by atoms with Crippen molar-refractivity contribution in [2.75, 3.05) is 0 Å². The highest BCUT2D eigenvalue weighted by Crippen LogP contribution is 2.34. The van der Waals surface area contributed by atoms with Crippen LogP contribution in [0.1, 0.15) is 16.7 Å². The minimum Gasteiger partial charge on any atom is -0.363 e. The zero-order valence-electron chi connectivity index (χ0n) is 17.5. The summed E-state index contributed by atoms with van der Waals surface area (Å²) in [4.78, 5) is 38.7. The fourth-order valence-corrected chi connectivity index (χ4v) is 3.80. The second-order valence-electron chi connectivity index (χ2n) is 7.51. The Morgan fingerprint density at radius 1 is 0.970 bits per heavy atom. The maximum absolute atomic E-state index is 11.9. The van der Waals surface area contributed by atoms with Gasteiger partial charge in [-0.2, -0.15) is 0 Å². The molecule has 0 radical (unpaired) electrons. The molecule has 164 valence electrons. The Morgan fingerprint density at radius 2 is 1.70 bits per heavy atom. The molecule has 0 atom stereocenters. The molecule has 1 aromatic heterocycles. The molecule has 1 heterocycles. The smallest absolute Gasteiger partial charge is 0.285 e. The van der Waals surface area contributed by atoms with Crippen molar-refractivity contribution in [2.24, 2.45) is 5.73 Å². The number of nitrogens with two attached hydrogens (primary N) is 1. The molecule has 0 spiro atoms. The second kappa shape index (κ2) is 9.27. The molecule has 0 unspecified atom stereocenters. The highest BCUT2D eigenvalue weighted by atomic mass is 16.6. The van der Waals surface area contributed by atoms with Crippen molar-refractivity contribution in [3.63, 3.8) is 0 Å². The van der Waals surface area contributed by atoms with Crippen molar-refractivity contribution in [2.45, 2.75) is 12.8 Å². The Morgan fingerprint density at radius 3 is 2.39 bits per heavy atom. The summed E-state index contributed by atoms with van der Waals surface area (Å²) in [7, 11) is 0. The summed E-state index contributed by atoms with van der Waals surface area (Å²) in [6.07, 6.45) is 5.50. The number of benzene rings is 3. The van der Waals surface area contributed by atoms with E-state index in [4.69, 9.17) is 5.73 Å². The number of Topliss-reactive ketones (excluding diaryl/α,β-unsaturated/α-hetero) is 1. The van der Waals surface area contributed by atoms with Crippen LogP contribution in [0.5, 0.6) is 0 Å². The highest BCUT2D eigenvalue weighted by Gasteiger charge is 2.21. The Labute approximate surface area is 189 Å². The molecule has 0 bridgehead atoms. The standard InChI is InChI=1S/C25H20N4O4/c26-25(31)24(30)15-18-5-1-3-7-20(18)21-10-9-17(14-23(21)29(32)33)13-19-6-2-4-8-22(19)28-12-11-27-16-28/h1-12,14,16H,13,15H2,(H2,26,31). The predicted octanol–water partition coefficient (Wildman–Crippen LogP) is 3.64. The Kier molecular flexibility index (Phi) is 6.08. The lowest BCUT2D eigenvalue weighted by atomic mass is 9.93. The van der Waals surface area contributed by atoms with Crippen molar-refractivity contribution < 1.29 is 14.5 Å². The molecule has 3 aromatic carbocycles. The van der Waals surface area contributed by atoms with E-state index in [1.165, 1.54) is 0 Å². The number of nitro groups is 1. The maximum Gasteiger partial charge on any atom is 0.285 e. The third-order valence-electron chi connectivity index (χ3n) is 5.36. The van der Waals surface area contributed by atoms with Gasteiger partial charge in [-0.3, -0.25) is 19.7 Å². The molecule has 4 aromatic rings. The van der Waals surface area contributed by atoms with Crippen molar-refractivity contribution in [3.8, 4) is 16.8 Å². The molecule has 2 N–H and O–H groups in total. The number of imidazole rings is 1. The average molecular weight is 440 g/mol. The van der Waals surface area contributed by atoms with Gasteiger partial charge in [-0.05, 0) is 40.8 Å². The van der Waals surface area contributed by atoms with Gasteiger partial charge in [0.15, 0.2) is 0 Å². The number of carbonyl (C=O) groups is 2. The molecule has 0 saturated carbocycles. The van der Waals surface area contributed by atoms with Gasteiger partial charge in [-0.1, -0.05) is 48.5 Å². The molecule has 8 nitrogen and oxygen atoms in total. The third kappa shape index (κ3) is 4.69. The van der Waals surface area contributed by atoms with Crippen LogP contribution in [0.3, 0.4) is 0 Å². The van der Waals surface area contributed by atoms with E-state index in [-0.39, 0.29) is 12.1 Å². The fourth-order valence-electron chi connectivity index (χ4n) is 3.80. The predicted molar refractivity (Wildman–Crippen MR) is 123 cm³/mol. The monoisotopic (exact) mass is 440 g/mol. The SMILES string of the molecule is NC(=O)C(=O)Cc1ccccc1-c1ccc(Cc2ccccc2-n2ccnc2)cc1[N+](=O)[O-]. The average Bonchev–Trinajstić information content (AvgIpc) is 3.34. The number of carbonyl (C=O) groups excluding carboxylic acids is 2. The van der Waals surface area contributed by atoms with Crippen LogP contribution in [-0.2, 0) is 22.4 Å². The molecule has 33 heavy (non-hydrogen) atoms. The Balaban J connectivity index is 1.73. The molecule has 4 rings (SSSR count). The minimum atomic E-state index is -1.04. The Bertz CT molecular complexity index is 1350. The van der Waals surface area contributed by atoms with E-state index < -0.39 is 16.6 Å². The van der Waals surface area contributed by atoms with E-state index >= 15 is 0 Å².